The van der Waals surface area contributed by atoms with Crippen LogP contribution in [0.2, 0.25) is 0 Å². The van der Waals surface area contributed by atoms with Crippen LogP contribution in [0.25, 0.3) is 6.08 Å². The van der Waals surface area contributed by atoms with Crippen molar-refractivity contribution in [1.82, 2.24) is 0 Å². The summed E-state index contributed by atoms with van der Waals surface area (Å²) in [5.41, 5.74) is 0.746. The Balaban J connectivity index is 2.77. The first-order chi connectivity index (χ1) is 5.68. The minimum absolute atomic E-state index is 0.169. The normalized spacial score (nSPS) is 10.3. The first-order valence-electron chi connectivity index (χ1n) is 3.38. The molecule has 12 heavy (non-hydrogen) atoms. The van der Waals surface area contributed by atoms with Crippen LogP contribution >= 0.6 is 0 Å². The summed E-state index contributed by atoms with van der Waals surface area (Å²) in [4.78, 5) is 10.1. The maximum atomic E-state index is 10.1. The van der Waals surface area contributed by atoms with Gasteiger partial charge in [0.1, 0.15) is 5.75 Å². The fourth-order valence-corrected chi connectivity index (χ4v) is 0.753. The molecule has 0 heterocycles. The minimum Gasteiger partial charge on any atom is -0.508 e. The second kappa shape index (κ2) is 3.57. The summed E-state index contributed by atoms with van der Waals surface area (Å²) in [6, 6.07) is 6.27. The molecule has 0 amide bonds. The second-order valence-corrected chi connectivity index (χ2v) is 2.26. The number of aromatic hydroxyl groups is 1. The van der Waals surface area contributed by atoms with E-state index < -0.39 is 5.97 Å². The molecule has 0 aliphatic heterocycles. The van der Waals surface area contributed by atoms with Crippen LogP contribution in [0.5, 0.6) is 5.75 Å². The van der Waals surface area contributed by atoms with Crippen molar-refractivity contribution in [3.05, 3.63) is 35.9 Å². The number of hydrogen-bond acceptors (Lipinski definition) is 2. The second-order valence-electron chi connectivity index (χ2n) is 2.26. The van der Waals surface area contributed by atoms with Crippen LogP contribution in [0.4, 0.5) is 0 Å². The van der Waals surface area contributed by atoms with Gasteiger partial charge in [-0.15, -0.1) is 0 Å². The van der Waals surface area contributed by atoms with Crippen molar-refractivity contribution in [3.8, 4) is 5.75 Å². The SMILES string of the molecule is O=[13C](O)/[13CH]=[13CH]/c1ccc(O)cc1. The Kier molecular flexibility index (Phi) is 2.48. The van der Waals surface area contributed by atoms with Crippen molar-refractivity contribution in [2.45, 2.75) is 0 Å². The van der Waals surface area contributed by atoms with Gasteiger partial charge in [0.2, 0.25) is 0 Å². The molecule has 0 bridgehead atoms. The van der Waals surface area contributed by atoms with E-state index in [1.54, 1.807) is 12.1 Å². The van der Waals surface area contributed by atoms with E-state index in [9.17, 15) is 4.79 Å². The molecule has 2 N–H and O–H groups in total. The van der Waals surface area contributed by atoms with Crippen LogP contribution in [0.1, 0.15) is 5.56 Å². The molecular formula is C9H8O3. The zero-order valence-electron chi connectivity index (χ0n) is 6.27. The number of carboxylic acid groups (broad SMARTS) is 1. The van der Waals surface area contributed by atoms with Crippen molar-refractivity contribution in [1.29, 1.82) is 0 Å². The van der Waals surface area contributed by atoms with Crippen LogP contribution in [-0.4, -0.2) is 16.2 Å². The molecule has 1 rings (SSSR count). The molecule has 0 saturated heterocycles. The topological polar surface area (TPSA) is 57.5 Å². The van der Waals surface area contributed by atoms with Gasteiger partial charge in [0.25, 0.3) is 0 Å². The predicted molar refractivity (Wildman–Crippen MR) is 44.8 cm³/mol. The highest BCUT2D eigenvalue weighted by Gasteiger charge is 1.89. The van der Waals surface area contributed by atoms with E-state index in [-0.39, 0.29) is 5.75 Å². The Morgan fingerprint density at radius 1 is 1.25 bits per heavy atom. The molecule has 0 radical (unpaired) electrons. The lowest BCUT2D eigenvalue weighted by Crippen LogP contribution is -1.85. The fourth-order valence-electron chi connectivity index (χ4n) is 0.753. The lowest BCUT2D eigenvalue weighted by atomic mass is 10.3. The third-order valence-electron chi connectivity index (χ3n) is 1.31. The molecule has 1 aromatic rings. The van der Waals surface area contributed by atoms with Crippen molar-refractivity contribution >= 4 is 12.0 Å². The zero-order valence-corrected chi connectivity index (χ0v) is 6.27. The molecule has 0 aromatic heterocycles. The molecule has 0 unspecified atom stereocenters. The quantitative estimate of drug-likeness (QED) is 0.518. The van der Waals surface area contributed by atoms with E-state index in [1.807, 2.05) is 0 Å². The van der Waals surface area contributed by atoms with Crippen LogP contribution in [0.15, 0.2) is 30.3 Å². The lowest BCUT2D eigenvalue weighted by molar-refractivity contribution is -0.131. The van der Waals surface area contributed by atoms with Gasteiger partial charge in [-0.1, -0.05) is 12.1 Å². The van der Waals surface area contributed by atoms with Gasteiger partial charge in [-0.3, -0.25) is 0 Å². The molecule has 0 atom stereocenters. The maximum absolute atomic E-state index is 10.1. The average Bonchev–Trinajstić information content (AvgIpc) is 2.03. The predicted octanol–water partition coefficient (Wildman–Crippen LogP) is 1.49. The standard InChI is InChI=1S/C9H8O3/c10-8-4-1-7(2-5-8)3-6-9(11)12/h1-6,10H,(H,11,12)/b6-3+/i3+1,6+1,9+1. The largest absolute Gasteiger partial charge is 0.508 e. The van der Waals surface area contributed by atoms with Crippen molar-refractivity contribution < 1.29 is 15.0 Å². The summed E-state index contributed by atoms with van der Waals surface area (Å²) in [5, 5.41) is 17.2. The van der Waals surface area contributed by atoms with E-state index in [0.29, 0.717) is 0 Å². The Hall–Kier alpha value is -1.77. The van der Waals surface area contributed by atoms with Gasteiger partial charge < -0.3 is 10.2 Å². The molecule has 1 aromatic carbocycles. The smallest absolute Gasteiger partial charge is 0.328 e. The average molecular weight is 167 g/mol. The van der Waals surface area contributed by atoms with E-state index in [2.05, 4.69) is 0 Å². The number of rotatable bonds is 2. The molecule has 3 heteroatoms. The summed E-state index contributed by atoms with van der Waals surface area (Å²) >= 11 is 0. The highest BCUT2D eigenvalue weighted by molar-refractivity contribution is 5.85. The minimum atomic E-state index is -0.983. The van der Waals surface area contributed by atoms with Crippen LogP contribution in [-0.2, 0) is 4.79 Å². The van der Waals surface area contributed by atoms with Gasteiger partial charge in [-0.2, -0.15) is 0 Å². The Bertz CT molecular complexity index is 298. The number of carbonyl (C=O) groups is 1. The van der Waals surface area contributed by atoms with Gasteiger partial charge >= 0.3 is 5.97 Å². The van der Waals surface area contributed by atoms with Gasteiger partial charge in [0, 0.05) is 6.08 Å². The summed E-state index contributed by atoms with van der Waals surface area (Å²) < 4.78 is 0. The number of phenols is 1. The monoisotopic (exact) mass is 167 g/mol. The Morgan fingerprint density at radius 2 is 1.83 bits per heavy atom. The van der Waals surface area contributed by atoms with Gasteiger partial charge in [-0.25, -0.2) is 4.79 Å². The van der Waals surface area contributed by atoms with Gasteiger partial charge in [0.05, 0.1) is 0 Å². The van der Waals surface area contributed by atoms with E-state index in [4.69, 9.17) is 10.2 Å². The first-order valence-corrected chi connectivity index (χ1v) is 3.38. The summed E-state index contributed by atoms with van der Waals surface area (Å²) in [7, 11) is 0. The molecular weight excluding hydrogens is 159 g/mol. The molecule has 0 spiro atoms. The van der Waals surface area contributed by atoms with Gasteiger partial charge in [-0.05, 0) is 23.8 Å². The molecule has 0 aliphatic carbocycles. The highest BCUT2D eigenvalue weighted by atomic mass is 16.5. The summed E-state index contributed by atoms with van der Waals surface area (Å²) in [5.74, 6) is -0.814. The van der Waals surface area contributed by atoms with Gasteiger partial charge in [0.15, 0.2) is 0 Å². The number of hydrogen-bond donors (Lipinski definition) is 2. The third kappa shape index (κ3) is 2.46. The highest BCUT2D eigenvalue weighted by Crippen LogP contribution is 2.10. The molecule has 0 fully saturated rings. The molecule has 3 nitrogen and oxygen atoms in total. The first kappa shape index (κ1) is 8.33. The van der Waals surface area contributed by atoms with Crippen LogP contribution in [0.3, 0.4) is 0 Å². The number of aliphatic carboxylic acids is 1. The van der Waals surface area contributed by atoms with E-state index in [0.717, 1.165) is 11.6 Å². The summed E-state index contributed by atoms with van der Waals surface area (Å²) in [6.45, 7) is 0. The third-order valence-corrected chi connectivity index (χ3v) is 1.31. The summed E-state index contributed by atoms with van der Waals surface area (Å²) in [6.07, 6.45) is 2.51. The lowest BCUT2D eigenvalue weighted by Gasteiger charge is -1.92. The fraction of sp³-hybridized carbons (Fsp3) is 0. The van der Waals surface area contributed by atoms with Crippen molar-refractivity contribution in [3.63, 3.8) is 0 Å². The van der Waals surface area contributed by atoms with Crippen LogP contribution < -0.4 is 0 Å². The Labute approximate surface area is 69.6 Å². The van der Waals surface area contributed by atoms with Crippen molar-refractivity contribution in [2.75, 3.05) is 0 Å². The van der Waals surface area contributed by atoms with Crippen molar-refractivity contribution in [2.24, 2.45) is 0 Å². The molecule has 0 saturated carbocycles. The molecule has 62 valence electrons. The van der Waals surface area contributed by atoms with Crippen LogP contribution in [0, 0.1) is 0 Å². The maximum Gasteiger partial charge on any atom is 0.328 e. The van der Waals surface area contributed by atoms with E-state index in [1.165, 1.54) is 18.2 Å². The Morgan fingerprint density at radius 3 is 2.33 bits per heavy atom. The number of benzene rings is 1. The van der Waals surface area contributed by atoms with E-state index >= 15 is 0 Å². The number of carboxylic acids is 1. The zero-order chi connectivity index (χ0) is 8.97. The number of phenolic OH excluding ortho intramolecular Hbond substituents is 1. The molecule has 0 aliphatic rings.